The van der Waals surface area contributed by atoms with E-state index in [2.05, 4.69) is 29.1 Å². The van der Waals surface area contributed by atoms with Crippen LogP contribution in [0.5, 0.6) is 0 Å². The van der Waals surface area contributed by atoms with Crippen molar-refractivity contribution in [3.05, 3.63) is 23.9 Å². The molecule has 88 valence electrons. The van der Waals surface area contributed by atoms with Crippen molar-refractivity contribution in [2.24, 2.45) is 0 Å². The number of hydrogen-bond donors (Lipinski definition) is 0. The van der Waals surface area contributed by atoms with Crippen molar-refractivity contribution >= 4 is 5.82 Å². The van der Waals surface area contributed by atoms with Crippen LogP contribution in [0.25, 0.3) is 0 Å². The Kier molecular flexibility index (Phi) is 3.44. The van der Waals surface area contributed by atoms with Crippen LogP contribution in [0.2, 0.25) is 0 Å². The van der Waals surface area contributed by atoms with Crippen molar-refractivity contribution in [3.63, 3.8) is 0 Å². The molecule has 3 nitrogen and oxygen atoms in total. The summed E-state index contributed by atoms with van der Waals surface area (Å²) in [7, 11) is 6.25. The Balaban J connectivity index is 2.04. The highest BCUT2D eigenvalue weighted by Crippen LogP contribution is 2.27. The average Bonchev–Trinajstić information content (AvgIpc) is 2.30. The van der Waals surface area contributed by atoms with E-state index in [4.69, 9.17) is 0 Å². The molecule has 2 heterocycles. The molecule has 2 rings (SSSR count). The largest absolute Gasteiger partial charge is 0.363 e. The second-order valence-corrected chi connectivity index (χ2v) is 4.92. The van der Waals surface area contributed by atoms with Gasteiger partial charge in [0.25, 0.3) is 0 Å². The van der Waals surface area contributed by atoms with E-state index in [1.54, 1.807) is 0 Å². The van der Waals surface area contributed by atoms with Gasteiger partial charge in [-0.3, -0.25) is 0 Å². The standard InChI is InChI=1S/C13H21N3/c1-15(2)13-5-4-12(10-14-13)11-6-8-16(3)9-7-11/h4-5,10-11H,6-9H2,1-3H3. The van der Waals surface area contributed by atoms with Gasteiger partial charge < -0.3 is 9.80 Å². The second-order valence-electron chi connectivity index (χ2n) is 4.92. The zero-order valence-corrected chi connectivity index (χ0v) is 10.5. The van der Waals surface area contributed by atoms with Crippen molar-refractivity contribution < 1.29 is 0 Å². The van der Waals surface area contributed by atoms with Gasteiger partial charge in [-0.05, 0) is 50.5 Å². The van der Waals surface area contributed by atoms with Crippen LogP contribution < -0.4 is 4.90 Å². The lowest BCUT2D eigenvalue weighted by Gasteiger charge is -2.29. The Labute approximate surface area is 98.1 Å². The number of likely N-dealkylation sites (tertiary alicyclic amines) is 1. The van der Waals surface area contributed by atoms with Crippen LogP contribution in [-0.4, -0.2) is 44.1 Å². The van der Waals surface area contributed by atoms with Crippen molar-refractivity contribution in [2.75, 3.05) is 39.1 Å². The number of rotatable bonds is 2. The molecule has 0 amide bonds. The maximum atomic E-state index is 4.48. The lowest BCUT2D eigenvalue weighted by atomic mass is 9.91. The van der Waals surface area contributed by atoms with Crippen LogP contribution in [0, 0.1) is 0 Å². The summed E-state index contributed by atoms with van der Waals surface area (Å²) in [5.41, 5.74) is 1.40. The summed E-state index contributed by atoms with van der Waals surface area (Å²) < 4.78 is 0. The molecule has 0 aliphatic carbocycles. The number of hydrogen-bond acceptors (Lipinski definition) is 3. The Morgan fingerprint density at radius 1 is 1.25 bits per heavy atom. The molecule has 0 aromatic carbocycles. The molecule has 16 heavy (non-hydrogen) atoms. The van der Waals surface area contributed by atoms with Gasteiger partial charge in [0.05, 0.1) is 0 Å². The molecule has 0 N–H and O–H groups in total. The van der Waals surface area contributed by atoms with E-state index in [-0.39, 0.29) is 0 Å². The van der Waals surface area contributed by atoms with E-state index >= 15 is 0 Å². The number of anilines is 1. The molecule has 0 saturated carbocycles. The molecule has 0 spiro atoms. The first-order chi connectivity index (χ1) is 7.66. The highest BCUT2D eigenvalue weighted by molar-refractivity contribution is 5.37. The Bertz CT molecular complexity index is 324. The third kappa shape index (κ3) is 2.53. The second kappa shape index (κ2) is 4.83. The summed E-state index contributed by atoms with van der Waals surface area (Å²) >= 11 is 0. The molecule has 1 aliphatic heterocycles. The van der Waals surface area contributed by atoms with Gasteiger partial charge in [-0.25, -0.2) is 4.98 Å². The molecule has 1 aromatic heterocycles. The Morgan fingerprint density at radius 3 is 2.44 bits per heavy atom. The smallest absolute Gasteiger partial charge is 0.127 e. The number of pyridine rings is 1. The van der Waals surface area contributed by atoms with Gasteiger partial charge in [-0.15, -0.1) is 0 Å². The van der Waals surface area contributed by atoms with Crippen molar-refractivity contribution in [2.45, 2.75) is 18.8 Å². The minimum atomic E-state index is 0.708. The van der Waals surface area contributed by atoms with Crippen LogP contribution in [0.4, 0.5) is 5.82 Å². The predicted octanol–water partition coefficient (Wildman–Crippen LogP) is 1.96. The first-order valence-electron chi connectivity index (χ1n) is 5.98. The summed E-state index contributed by atoms with van der Waals surface area (Å²) in [5, 5.41) is 0. The highest BCUT2D eigenvalue weighted by Gasteiger charge is 2.18. The summed E-state index contributed by atoms with van der Waals surface area (Å²) in [6.45, 7) is 2.42. The Hall–Kier alpha value is -1.09. The maximum absolute atomic E-state index is 4.48. The maximum Gasteiger partial charge on any atom is 0.127 e. The third-order valence-corrected chi connectivity index (χ3v) is 3.42. The van der Waals surface area contributed by atoms with Gasteiger partial charge in [-0.2, -0.15) is 0 Å². The van der Waals surface area contributed by atoms with E-state index in [1.807, 2.05) is 25.2 Å². The van der Waals surface area contributed by atoms with Gasteiger partial charge >= 0.3 is 0 Å². The van der Waals surface area contributed by atoms with E-state index in [0.717, 1.165) is 5.82 Å². The number of piperidine rings is 1. The molecular formula is C13H21N3. The average molecular weight is 219 g/mol. The van der Waals surface area contributed by atoms with Crippen LogP contribution in [0.3, 0.4) is 0 Å². The molecule has 0 unspecified atom stereocenters. The lowest BCUT2D eigenvalue weighted by molar-refractivity contribution is 0.255. The zero-order valence-electron chi connectivity index (χ0n) is 10.5. The van der Waals surface area contributed by atoms with Crippen molar-refractivity contribution in [1.29, 1.82) is 0 Å². The lowest BCUT2D eigenvalue weighted by Crippen LogP contribution is -2.29. The molecule has 3 heteroatoms. The van der Waals surface area contributed by atoms with Crippen LogP contribution in [0.1, 0.15) is 24.3 Å². The van der Waals surface area contributed by atoms with Crippen LogP contribution in [-0.2, 0) is 0 Å². The van der Waals surface area contributed by atoms with E-state index in [1.165, 1.54) is 31.5 Å². The fraction of sp³-hybridized carbons (Fsp3) is 0.615. The fourth-order valence-corrected chi connectivity index (χ4v) is 2.25. The van der Waals surface area contributed by atoms with Gasteiger partial charge in [0.2, 0.25) is 0 Å². The fourth-order valence-electron chi connectivity index (χ4n) is 2.25. The molecule has 0 radical (unpaired) electrons. The summed E-state index contributed by atoms with van der Waals surface area (Å²) in [6.07, 6.45) is 4.57. The van der Waals surface area contributed by atoms with Gasteiger partial charge in [0, 0.05) is 20.3 Å². The van der Waals surface area contributed by atoms with Crippen LogP contribution >= 0.6 is 0 Å². The van der Waals surface area contributed by atoms with Gasteiger partial charge in [0.15, 0.2) is 0 Å². The topological polar surface area (TPSA) is 19.4 Å². The van der Waals surface area contributed by atoms with E-state index in [0.29, 0.717) is 5.92 Å². The summed E-state index contributed by atoms with van der Waals surface area (Å²) in [6, 6.07) is 4.35. The third-order valence-electron chi connectivity index (χ3n) is 3.42. The van der Waals surface area contributed by atoms with E-state index in [9.17, 15) is 0 Å². The number of nitrogens with zero attached hydrogens (tertiary/aromatic N) is 3. The summed E-state index contributed by atoms with van der Waals surface area (Å²) in [4.78, 5) is 8.93. The molecular weight excluding hydrogens is 198 g/mol. The zero-order chi connectivity index (χ0) is 11.5. The molecule has 0 bridgehead atoms. The molecule has 1 aliphatic rings. The minimum Gasteiger partial charge on any atom is -0.363 e. The molecule has 1 aromatic rings. The molecule has 1 fully saturated rings. The Morgan fingerprint density at radius 2 is 1.94 bits per heavy atom. The quantitative estimate of drug-likeness (QED) is 0.758. The first kappa shape index (κ1) is 11.4. The highest BCUT2D eigenvalue weighted by atomic mass is 15.1. The molecule has 1 saturated heterocycles. The van der Waals surface area contributed by atoms with Gasteiger partial charge in [0.1, 0.15) is 5.82 Å². The van der Waals surface area contributed by atoms with Gasteiger partial charge in [-0.1, -0.05) is 6.07 Å². The predicted molar refractivity (Wildman–Crippen MR) is 68.0 cm³/mol. The van der Waals surface area contributed by atoms with E-state index < -0.39 is 0 Å². The SMILES string of the molecule is CN1CCC(c2ccc(N(C)C)nc2)CC1. The minimum absolute atomic E-state index is 0.708. The normalized spacial score (nSPS) is 18.7. The monoisotopic (exact) mass is 219 g/mol. The molecule has 0 atom stereocenters. The first-order valence-corrected chi connectivity index (χ1v) is 5.98. The number of aromatic nitrogens is 1. The van der Waals surface area contributed by atoms with Crippen molar-refractivity contribution in [1.82, 2.24) is 9.88 Å². The van der Waals surface area contributed by atoms with Crippen molar-refractivity contribution in [3.8, 4) is 0 Å². The summed E-state index contributed by atoms with van der Waals surface area (Å²) in [5.74, 6) is 1.75. The van der Waals surface area contributed by atoms with Crippen LogP contribution in [0.15, 0.2) is 18.3 Å².